The highest BCUT2D eigenvalue weighted by atomic mass is 79.9. The van der Waals surface area contributed by atoms with Gasteiger partial charge in [-0.3, -0.25) is 9.78 Å². The lowest BCUT2D eigenvalue weighted by Gasteiger charge is -2.26. The van der Waals surface area contributed by atoms with Gasteiger partial charge in [-0.15, -0.1) is 0 Å². The average molecular weight is 576 g/mol. The highest BCUT2D eigenvalue weighted by Gasteiger charge is 2.41. The Hall–Kier alpha value is -3.49. The van der Waals surface area contributed by atoms with E-state index in [0.29, 0.717) is 11.7 Å². The van der Waals surface area contributed by atoms with Crippen LogP contribution in [0.2, 0.25) is 0 Å². The zero-order valence-electron chi connectivity index (χ0n) is 20.6. The summed E-state index contributed by atoms with van der Waals surface area (Å²) in [5, 5.41) is 6.99. The van der Waals surface area contributed by atoms with E-state index < -0.39 is 0 Å². The molecule has 0 unspecified atom stereocenters. The van der Waals surface area contributed by atoms with Gasteiger partial charge in [0, 0.05) is 34.9 Å². The molecule has 1 fully saturated rings. The molecule has 5 rings (SSSR count). The molecule has 188 valence electrons. The number of hydrogen-bond donors (Lipinski definition) is 2. The number of nitrogens with zero attached hydrogens (tertiary/aromatic N) is 2. The lowest BCUT2D eigenvalue weighted by molar-refractivity contribution is -0.116. The summed E-state index contributed by atoms with van der Waals surface area (Å²) < 4.78 is 7.39. The minimum absolute atomic E-state index is 0.0687. The normalized spacial score (nSPS) is 17.1. The summed E-state index contributed by atoms with van der Waals surface area (Å²) in [6.45, 7) is 4.46. The number of aryl methyl sites for hydroxylation is 2. The summed E-state index contributed by atoms with van der Waals surface area (Å²) in [7, 11) is 0. The number of rotatable bonds is 7. The molecule has 1 aliphatic rings. The Bertz CT molecular complexity index is 1440. The quantitative estimate of drug-likeness (QED) is 0.239. The first-order chi connectivity index (χ1) is 17.9. The van der Waals surface area contributed by atoms with Gasteiger partial charge in [0.05, 0.1) is 11.7 Å². The average Bonchev–Trinajstić information content (AvgIpc) is 3.49. The van der Waals surface area contributed by atoms with E-state index in [1.165, 1.54) is 0 Å². The molecule has 1 saturated heterocycles. The van der Waals surface area contributed by atoms with Gasteiger partial charge in [0.2, 0.25) is 5.91 Å². The highest BCUT2D eigenvalue weighted by molar-refractivity contribution is 9.10. The van der Waals surface area contributed by atoms with Crippen LogP contribution < -0.4 is 10.6 Å². The number of carbonyl (C=O) groups excluding carboxylic acids is 1. The monoisotopic (exact) mass is 574 g/mol. The van der Waals surface area contributed by atoms with Crippen LogP contribution in [0.1, 0.15) is 41.1 Å². The number of furan rings is 1. The lowest BCUT2D eigenvalue weighted by atomic mass is 10.0. The number of aromatic nitrogens is 1. The van der Waals surface area contributed by atoms with E-state index in [1.807, 2.05) is 72.5 Å². The molecule has 0 aliphatic carbocycles. The van der Waals surface area contributed by atoms with Gasteiger partial charge >= 0.3 is 0 Å². The number of carbonyl (C=O) groups is 1. The molecule has 8 heteroatoms. The Kier molecular flexibility index (Phi) is 7.39. The first kappa shape index (κ1) is 25.2. The van der Waals surface area contributed by atoms with Gasteiger partial charge in [-0.1, -0.05) is 46.3 Å². The smallest absolute Gasteiger partial charge is 0.226 e. The van der Waals surface area contributed by atoms with Crippen molar-refractivity contribution >= 4 is 44.9 Å². The number of halogens is 1. The summed E-state index contributed by atoms with van der Waals surface area (Å²) in [5.74, 6) is 1.45. The summed E-state index contributed by atoms with van der Waals surface area (Å²) in [6.07, 6.45) is 2.05. The van der Waals surface area contributed by atoms with Gasteiger partial charge in [-0.2, -0.15) is 0 Å². The van der Waals surface area contributed by atoms with Crippen molar-refractivity contribution in [1.82, 2.24) is 15.2 Å². The van der Waals surface area contributed by atoms with Gasteiger partial charge < -0.3 is 20.0 Å². The van der Waals surface area contributed by atoms with Crippen LogP contribution in [0.3, 0.4) is 0 Å². The minimum Gasteiger partial charge on any atom is -0.459 e. The molecule has 4 aromatic rings. The number of pyridine rings is 1. The van der Waals surface area contributed by atoms with E-state index in [9.17, 15) is 4.79 Å². The van der Waals surface area contributed by atoms with Gasteiger partial charge in [0.15, 0.2) is 5.11 Å². The number of hydrogen-bond acceptors (Lipinski definition) is 4. The summed E-state index contributed by atoms with van der Waals surface area (Å²) in [5.41, 5.74) is 4.84. The molecule has 2 atom stereocenters. The van der Waals surface area contributed by atoms with E-state index >= 15 is 0 Å². The zero-order chi connectivity index (χ0) is 25.9. The molecule has 1 aliphatic heterocycles. The van der Waals surface area contributed by atoms with Crippen LogP contribution in [-0.2, 0) is 4.79 Å². The van der Waals surface area contributed by atoms with E-state index in [-0.39, 0.29) is 24.4 Å². The third kappa shape index (κ3) is 5.45. The molecular formula is C29H27BrN4O2S. The molecule has 0 saturated carbocycles. The summed E-state index contributed by atoms with van der Waals surface area (Å²) in [4.78, 5) is 19.4. The fourth-order valence-corrected chi connectivity index (χ4v) is 5.60. The van der Waals surface area contributed by atoms with Gasteiger partial charge in [-0.05, 0) is 79.7 Å². The molecule has 3 heterocycles. The SMILES string of the molecule is Cc1ccc(-c2ccc([C@@H]3[C@H](c4ccccn4)NC(=S)N3CCC(=O)Nc3ccccc3C)o2)c(Br)c1. The van der Waals surface area contributed by atoms with Crippen LogP contribution in [-0.4, -0.2) is 27.4 Å². The Labute approximate surface area is 230 Å². The Balaban J connectivity index is 1.42. The van der Waals surface area contributed by atoms with Crippen LogP contribution in [0.25, 0.3) is 11.3 Å². The maximum absolute atomic E-state index is 12.8. The van der Waals surface area contributed by atoms with Crippen molar-refractivity contribution in [3.8, 4) is 11.3 Å². The number of amides is 1. The molecule has 1 amide bonds. The number of thiocarbonyl (C=S) groups is 1. The summed E-state index contributed by atoms with van der Waals surface area (Å²) >= 11 is 9.40. The first-order valence-electron chi connectivity index (χ1n) is 12.1. The largest absolute Gasteiger partial charge is 0.459 e. The highest BCUT2D eigenvalue weighted by Crippen LogP contribution is 2.41. The Morgan fingerprint density at radius 1 is 1.11 bits per heavy atom. The fraction of sp³-hybridized carbons (Fsp3) is 0.207. The van der Waals surface area contributed by atoms with Gasteiger partial charge in [0.25, 0.3) is 0 Å². The van der Waals surface area contributed by atoms with E-state index in [1.54, 1.807) is 6.20 Å². The summed E-state index contributed by atoms with van der Waals surface area (Å²) in [6, 6.07) is 23.2. The van der Waals surface area contributed by atoms with Crippen LogP contribution in [0.5, 0.6) is 0 Å². The zero-order valence-corrected chi connectivity index (χ0v) is 23.0. The van der Waals surface area contributed by atoms with Crippen LogP contribution in [0, 0.1) is 13.8 Å². The van der Waals surface area contributed by atoms with Crippen molar-refractivity contribution in [2.75, 3.05) is 11.9 Å². The lowest BCUT2D eigenvalue weighted by Crippen LogP contribution is -2.32. The molecular weight excluding hydrogens is 548 g/mol. The number of nitrogens with one attached hydrogen (secondary N) is 2. The molecule has 6 nitrogen and oxygen atoms in total. The van der Waals surface area contributed by atoms with E-state index in [4.69, 9.17) is 16.6 Å². The topological polar surface area (TPSA) is 70.4 Å². The second-order valence-electron chi connectivity index (χ2n) is 9.12. The predicted molar refractivity (Wildman–Crippen MR) is 153 cm³/mol. The molecule has 2 aromatic heterocycles. The number of anilines is 1. The van der Waals surface area contributed by atoms with Crippen molar-refractivity contribution < 1.29 is 9.21 Å². The minimum atomic E-state index is -0.258. The van der Waals surface area contributed by atoms with Crippen molar-refractivity contribution in [3.63, 3.8) is 0 Å². The van der Waals surface area contributed by atoms with Crippen molar-refractivity contribution in [2.24, 2.45) is 0 Å². The van der Waals surface area contributed by atoms with Crippen LogP contribution in [0.15, 0.2) is 87.9 Å². The third-order valence-corrected chi connectivity index (χ3v) is 7.51. The number of para-hydroxylation sites is 1. The second-order valence-corrected chi connectivity index (χ2v) is 10.4. The van der Waals surface area contributed by atoms with Crippen molar-refractivity contribution in [2.45, 2.75) is 32.4 Å². The molecule has 0 bridgehead atoms. The molecule has 0 radical (unpaired) electrons. The number of benzene rings is 2. The van der Waals surface area contributed by atoms with Gasteiger partial charge in [0.1, 0.15) is 17.6 Å². The second kappa shape index (κ2) is 10.9. The van der Waals surface area contributed by atoms with Crippen LogP contribution in [0.4, 0.5) is 5.69 Å². The Morgan fingerprint density at radius 2 is 1.92 bits per heavy atom. The molecule has 2 N–H and O–H groups in total. The first-order valence-corrected chi connectivity index (χ1v) is 13.3. The van der Waals surface area contributed by atoms with Gasteiger partial charge in [-0.25, -0.2) is 0 Å². The fourth-order valence-electron chi connectivity index (χ4n) is 4.58. The van der Waals surface area contributed by atoms with E-state index in [2.05, 4.69) is 50.6 Å². The maximum Gasteiger partial charge on any atom is 0.226 e. The van der Waals surface area contributed by atoms with Crippen molar-refractivity contribution in [3.05, 3.63) is 106 Å². The Morgan fingerprint density at radius 3 is 2.68 bits per heavy atom. The van der Waals surface area contributed by atoms with E-state index in [0.717, 1.165) is 44.1 Å². The van der Waals surface area contributed by atoms with Crippen LogP contribution >= 0.6 is 28.1 Å². The molecule has 2 aromatic carbocycles. The van der Waals surface area contributed by atoms with Crippen molar-refractivity contribution in [1.29, 1.82) is 0 Å². The third-order valence-electron chi connectivity index (χ3n) is 6.51. The predicted octanol–water partition coefficient (Wildman–Crippen LogP) is 6.72. The molecule has 37 heavy (non-hydrogen) atoms. The molecule has 0 spiro atoms. The standard InChI is InChI=1S/C29H27BrN4O2S/c1-18-10-11-20(21(30)17-18)24-12-13-25(36-24)28-27(23-9-5-6-15-31-23)33-29(37)34(28)16-14-26(35)32-22-8-4-3-7-19(22)2/h3-13,15,17,27-28H,14,16H2,1-2H3,(H,32,35)(H,33,37)/t27-,28+/m0/s1. The maximum atomic E-state index is 12.8.